The molecule has 0 spiro atoms. The highest BCUT2D eigenvalue weighted by Gasteiger charge is 1.97. The summed E-state index contributed by atoms with van der Waals surface area (Å²) in [5, 5.41) is 7.41. The zero-order valence-corrected chi connectivity index (χ0v) is 10.0. The largest absolute Gasteiger partial charge is 0.368 e. The van der Waals surface area contributed by atoms with Gasteiger partial charge in [0.2, 0.25) is 0 Å². The number of aromatic nitrogens is 4. The van der Waals surface area contributed by atoms with Gasteiger partial charge in [-0.25, -0.2) is 9.97 Å². The minimum atomic E-state index is 0.810. The molecule has 0 saturated heterocycles. The minimum absolute atomic E-state index is 0.810. The highest BCUT2D eigenvalue weighted by molar-refractivity contribution is 5.34. The van der Waals surface area contributed by atoms with Crippen LogP contribution in [0.5, 0.6) is 0 Å². The molecular weight excluding hydrogens is 214 g/mol. The number of hydrogen-bond acceptors (Lipinski definition) is 4. The molecule has 0 aliphatic heterocycles. The lowest BCUT2D eigenvalue weighted by Crippen LogP contribution is -2.12. The van der Waals surface area contributed by atoms with Gasteiger partial charge < -0.3 is 5.32 Å². The third kappa shape index (κ3) is 3.55. The van der Waals surface area contributed by atoms with Crippen molar-refractivity contribution in [2.75, 3.05) is 11.9 Å². The monoisotopic (exact) mass is 231 g/mol. The molecule has 0 radical (unpaired) electrons. The molecular formula is C12H17N5. The van der Waals surface area contributed by atoms with E-state index in [4.69, 9.17) is 0 Å². The van der Waals surface area contributed by atoms with Crippen LogP contribution in [-0.2, 0) is 13.0 Å². The molecule has 5 heteroatoms. The number of nitrogens with zero attached hydrogens (tertiary/aromatic N) is 4. The summed E-state index contributed by atoms with van der Waals surface area (Å²) >= 11 is 0. The summed E-state index contributed by atoms with van der Waals surface area (Å²) in [4.78, 5) is 8.41. The summed E-state index contributed by atoms with van der Waals surface area (Å²) < 4.78 is 1.89. The lowest BCUT2D eigenvalue weighted by atomic mass is 10.2. The van der Waals surface area contributed by atoms with E-state index in [1.807, 2.05) is 23.0 Å². The van der Waals surface area contributed by atoms with Gasteiger partial charge in [0.15, 0.2) is 0 Å². The van der Waals surface area contributed by atoms with E-state index in [1.54, 1.807) is 12.5 Å². The van der Waals surface area contributed by atoms with Crippen LogP contribution in [0.1, 0.15) is 19.0 Å². The summed E-state index contributed by atoms with van der Waals surface area (Å²) in [6, 6.07) is 3.93. The van der Waals surface area contributed by atoms with Gasteiger partial charge in [0.25, 0.3) is 0 Å². The number of anilines is 1. The van der Waals surface area contributed by atoms with Gasteiger partial charge in [0, 0.05) is 30.7 Å². The number of hydrogen-bond donors (Lipinski definition) is 1. The number of nitrogens with one attached hydrogen (secondary N) is 1. The topological polar surface area (TPSA) is 55.6 Å². The van der Waals surface area contributed by atoms with Gasteiger partial charge in [-0.1, -0.05) is 13.3 Å². The van der Waals surface area contributed by atoms with Crippen LogP contribution in [-0.4, -0.2) is 26.3 Å². The van der Waals surface area contributed by atoms with Crippen molar-refractivity contribution >= 4 is 5.82 Å². The van der Waals surface area contributed by atoms with Crippen molar-refractivity contribution in [3.8, 4) is 0 Å². The molecule has 17 heavy (non-hydrogen) atoms. The zero-order chi connectivity index (χ0) is 11.9. The van der Waals surface area contributed by atoms with Crippen LogP contribution in [0.15, 0.2) is 30.9 Å². The van der Waals surface area contributed by atoms with Crippen molar-refractivity contribution in [3.05, 3.63) is 36.5 Å². The second-order valence-electron chi connectivity index (χ2n) is 3.84. The maximum Gasteiger partial charge on any atom is 0.129 e. The van der Waals surface area contributed by atoms with Crippen LogP contribution < -0.4 is 5.32 Å². The molecule has 5 nitrogen and oxygen atoms in total. The molecule has 0 unspecified atom stereocenters. The fourth-order valence-corrected chi connectivity index (χ4v) is 1.62. The van der Waals surface area contributed by atoms with E-state index in [1.165, 1.54) is 0 Å². The van der Waals surface area contributed by atoms with E-state index < -0.39 is 0 Å². The van der Waals surface area contributed by atoms with Crippen LogP contribution >= 0.6 is 0 Å². The van der Waals surface area contributed by atoms with E-state index in [9.17, 15) is 0 Å². The van der Waals surface area contributed by atoms with Gasteiger partial charge in [-0.3, -0.25) is 4.68 Å². The minimum Gasteiger partial charge on any atom is -0.368 e. The quantitative estimate of drug-likeness (QED) is 0.822. The zero-order valence-electron chi connectivity index (χ0n) is 10.0. The first kappa shape index (κ1) is 11.6. The predicted molar refractivity (Wildman–Crippen MR) is 66.7 cm³/mol. The van der Waals surface area contributed by atoms with Crippen molar-refractivity contribution in [1.82, 2.24) is 19.7 Å². The van der Waals surface area contributed by atoms with Crippen LogP contribution in [0.3, 0.4) is 0 Å². The van der Waals surface area contributed by atoms with Crippen molar-refractivity contribution in [2.45, 2.75) is 26.3 Å². The first-order chi connectivity index (χ1) is 8.38. The van der Waals surface area contributed by atoms with Gasteiger partial charge in [-0.05, 0) is 12.5 Å². The Bertz CT molecular complexity index is 438. The molecule has 0 saturated carbocycles. The highest BCUT2D eigenvalue weighted by atomic mass is 15.3. The molecule has 2 aromatic heterocycles. The van der Waals surface area contributed by atoms with E-state index >= 15 is 0 Å². The number of aryl methyl sites for hydroxylation is 1. The average molecular weight is 231 g/mol. The van der Waals surface area contributed by atoms with E-state index in [2.05, 4.69) is 27.3 Å². The maximum absolute atomic E-state index is 4.22. The third-order valence-corrected chi connectivity index (χ3v) is 2.44. The molecule has 0 aromatic carbocycles. The van der Waals surface area contributed by atoms with E-state index in [-0.39, 0.29) is 0 Å². The van der Waals surface area contributed by atoms with Crippen molar-refractivity contribution < 1.29 is 0 Å². The molecule has 0 bridgehead atoms. The highest BCUT2D eigenvalue weighted by Crippen LogP contribution is 2.05. The van der Waals surface area contributed by atoms with Gasteiger partial charge in [-0.2, -0.15) is 5.10 Å². The maximum atomic E-state index is 4.22. The lowest BCUT2D eigenvalue weighted by Gasteiger charge is -2.06. The van der Waals surface area contributed by atoms with E-state index in [0.29, 0.717) is 0 Å². The Kier molecular flexibility index (Phi) is 4.07. The standard InChI is InChI=1S/C12H17N5/c1-2-4-11-9-12(15-10-14-11)13-6-8-17-7-3-5-16-17/h3,5,7,9-10H,2,4,6,8H2,1H3,(H,13,14,15). The summed E-state index contributed by atoms with van der Waals surface area (Å²) in [5.41, 5.74) is 1.09. The molecule has 90 valence electrons. The summed E-state index contributed by atoms with van der Waals surface area (Å²) in [6.45, 7) is 3.79. The van der Waals surface area contributed by atoms with E-state index in [0.717, 1.165) is 37.4 Å². The number of rotatable bonds is 6. The van der Waals surface area contributed by atoms with Crippen molar-refractivity contribution in [2.24, 2.45) is 0 Å². The lowest BCUT2D eigenvalue weighted by molar-refractivity contribution is 0.637. The van der Waals surface area contributed by atoms with Crippen LogP contribution in [0, 0.1) is 0 Å². The predicted octanol–water partition coefficient (Wildman–Crippen LogP) is 1.74. The van der Waals surface area contributed by atoms with Crippen molar-refractivity contribution in [1.29, 1.82) is 0 Å². The Labute approximate surface area is 101 Å². The second kappa shape index (κ2) is 5.98. The SMILES string of the molecule is CCCc1cc(NCCn2cccn2)ncn1. The Morgan fingerprint density at radius 2 is 2.29 bits per heavy atom. The Morgan fingerprint density at radius 1 is 1.35 bits per heavy atom. The fraction of sp³-hybridized carbons (Fsp3) is 0.417. The summed E-state index contributed by atoms with van der Waals surface area (Å²) in [7, 11) is 0. The average Bonchev–Trinajstić information content (AvgIpc) is 2.83. The molecule has 2 aromatic rings. The molecule has 0 fully saturated rings. The first-order valence-electron chi connectivity index (χ1n) is 5.90. The second-order valence-corrected chi connectivity index (χ2v) is 3.84. The van der Waals surface area contributed by atoms with Gasteiger partial charge in [-0.15, -0.1) is 0 Å². The molecule has 2 rings (SSSR count). The van der Waals surface area contributed by atoms with Crippen LogP contribution in [0.2, 0.25) is 0 Å². The molecule has 0 aliphatic rings. The van der Waals surface area contributed by atoms with Crippen LogP contribution in [0.4, 0.5) is 5.82 Å². The van der Waals surface area contributed by atoms with Gasteiger partial charge in [0.05, 0.1) is 6.54 Å². The normalized spacial score (nSPS) is 10.4. The van der Waals surface area contributed by atoms with Crippen molar-refractivity contribution in [3.63, 3.8) is 0 Å². The van der Waals surface area contributed by atoms with Gasteiger partial charge in [0.1, 0.15) is 12.1 Å². The summed E-state index contributed by atoms with van der Waals surface area (Å²) in [5.74, 6) is 0.885. The first-order valence-corrected chi connectivity index (χ1v) is 5.90. The van der Waals surface area contributed by atoms with Crippen LogP contribution in [0.25, 0.3) is 0 Å². The summed E-state index contributed by atoms with van der Waals surface area (Å²) in [6.07, 6.45) is 7.44. The van der Waals surface area contributed by atoms with Gasteiger partial charge >= 0.3 is 0 Å². The molecule has 0 aliphatic carbocycles. The smallest absolute Gasteiger partial charge is 0.129 e. The molecule has 2 heterocycles. The molecule has 1 N–H and O–H groups in total. The Hall–Kier alpha value is -1.91. The molecule has 0 atom stereocenters. The Morgan fingerprint density at radius 3 is 3.06 bits per heavy atom. The third-order valence-electron chi connectivity index (χ3n) is 2.44. The molecule has 0 amide bonds. The Balaban J connectivity index is 1.84. The fourth-order valence-electron chi connectivity index (χ4n) is 1.62.